The molecule has 136 valence electrons. The molecule has 1 fully saturated rings. The SMILES string of the molecule is CC(C)N(Cc1ccccc1)C(=O)N[C@@H]1CC(=O)N(c2ccccc2)C1. The smallest absolute Gasteiger partial charge is 0.318 e. The highest BCUT2D eigenvalue weighted by Crippen LogP contribution is 2.21. The summed E-state index contributed by atoms with van der Waals surface area (Å²) in [6.45, 7) is 5.05. The number of hydrogen-bond acceptors (Lipinski definition) is 2. The van der Waals surface area contributed by atoms with Crippen molar-refractivity contribution >= 4 is 17.6 Å². The molecule has 1 atom stereocenters. The van der Waals surface area contributed by atoms with Crippen LogP contribution in [0.4, 0.5) is 10.5 Å². The molecule has 1 N–H and O–H groups in total. The van der Waals surface area contributed by atoms with E-state index >= 15 is 0 Å². The molecule has 3 amide bonds. The molecule has 1 aliphatic heterocycles. The standard InChI is InChI=1S/C21H25N3O2/c1-16(2)23(14-17-9-5-3-6-10-17)21(26)22-18-13-20(25)24(15-18)19-11-7-4-8-12-19/h3-12,16,18H,13-15H2,1-2H3,(H,22,26)/t18-/m1/s1. The van der Waals surface area contributed by atoms with Crippen molar-refractivity contribution < 1.29 is 9.59 Å². The fourth-order valence-electron chi connectivity index (χ4n) is 3.19. The molecule has 0 bridgehead atoms. The molecule has 1 heterocycles. The van der Waals surface area contributed by atoms with Crippen molar-refractivity contribution in [3.05, 3.63) is 66.2 Å². The van der Waals surface area contributed by atoms with Gasteiger partial charge in [-0.05, 0) is 31.5 Å². The van der Waals surface area contributed by atoms with E-state index in [4.69, 9.17) is 0 Å². The van der Waals surface area contributed by atoms with Crippen molar-refractivity contribution in [2.45, 2.75) is 38.9 Å². The molecule has 0 unspecified atom stereocenters. The van der Waals surface area contributed by atoms with E-state index in [1.54, 1.807) is 9.80 Å². The number of urea groups is 1. The number of nitrogens with zero attached hydrogens (tertiary/aromatic N) is 2. The first-order valence-corrected chi connectivity index (χ1v) is 9.01. The average Bonchev–Trinajstić information content (AvgIpc) is 3.01. The maximum atomic E-state index is 12.8. The molecule has 2 aromatic rings. The molecule has 0 aliphatic carbocycles. The molecule has 0 spiro atoms. The Balaban J connectivity index is 1.64. The summed E-state index contributed by atoms with van der Waals surface area (Å²) in [5.74, 6) is 0.0423. The maximum Gasteiger partial charge on any atom is 0.318 e. The first-order chi connectivity index (χ1) is 12.5. The molecule has 0 aromatic heterocycles. The Bertz CT molecular complexity index is 746. The quantitative estimate of drug-likeness (QED) is 0.897. The predicted octanol–water partition coefficient (Wildman–Crippen LogP) is 3.41. The number of carbonyl (C=O) groups is 2. The van der Waals surface area contributed by atoms with Gasteiger partial charge in [0.25, 0.3) is 0 Å². The number of carbonyl (C=O) groups excluding carboxylic acids is 2. The van der Waals surface area contributed by atoms with Gasteiger partial charge < -0.3 is 15.1 Å². The van der Waals surface area contributed by atoms with Gasteiger partial charge in [-0.2, -0.15) is 0 Å². The van der Waals surface area contributed by atoms with Crippen LogP contribution in [0, 0.1) is 0 Å². The van der Waals surface area contributed by atoms with Crippen LogP contribution < -0.4 is 10.2 Å². The first-order valence-electron chi connectivity index (χ1n) is 9.01. The van der Waals surface area contributed by atoms with Gasteiger partial charge in [0.1, 0.15) is 0 Å². The third-order valence-electron chi connectivity index (χ3n) is 4.60. The molecule has 1 saturated heterocycles. The van der Waals surface area contributed by atoms with Crippen molar-refractivity contribution in [2.75, 3.05) is 11.4 Å². The summed E-state index contributed by atoms with van der Waals surface area (Å²) in [6.07, 6.45) is 0.331. The van der Waals surface area contributed by atoms with Gasteiger partial charge in [-0.15, -0.1) is 0 Å². The van der Waals surface area contributed by atoms with Gasteiger partial charge in [-0.1, -0.05) is 48.5 Å². The molecule has 3 rings (SSSR count). The van der Waals surface area contributed by atoms with Crippen LogP contribution in [0.15, 0.2) is 60.7 Å². The number of nitrogens with one attached hydrogen (secondary N) is 1. The third-order valence-corrected chi connectivity index (χ3v) is 4.60. The number of benzene rings is 2. The van der Waals surface area contributed by atoms with E-state index in [1.807, 2.05) is 74.5 Å². The highest BCUT2D eigenvalue weighted by Gasteiger charge is 2.32. The van der Waals surface area contributed by atoms with E-state index in [-0.39, 0.29) is 24.0 Å². The molecule has 0 radical (unpaired) electrons. The fraction of sp³-hybridized carbons (Fsp3) is 0.333. The number of rotatable bonds is 5. The van der Waals surface area contributed by atoms with Crippen LogP contribution in [-0.2, 0) is 11.3 Å². The Hall–Kier alpha value is -2.82. The number of hydrogen-bond donors (Lipinski definition) is 1. The van der Waals surface area contributed by atoms with Crippen molar-refractivity contribution in [1.82, 2.24) is 10.2 Å². The van der Waals surface area contributed by atoms with Crippen molar-refractivity contribution in [2.24, 2.45) is 0 Å². The molecule has 2 aromatic carbocycles. The normalized spacial score (nSPS) is 16.8. The summed E-state index contributed by atoms with van der Waals surface area (Å²) in [6, 6.07) is 19.3. The van der Waals surface area contributed by atoms with E-state index in [2.05, 4.69) is 5.32 Å². The van der Waals surface area contributed by atoms with Crippen LogP contribution >= 0.6 is 0 Å². The van der Waals surface area contributed by atoms with Crippen LogP contribution in [0.3, 0.4) is 0 Å². The molecule has 5 heteroatoms. The third kappa shape index (κ3) is 4.23. The largest absolute Gasteiger partial charge is 0.333 e. The van der Waals surface area contributed by atoms with Crippen LogP contribution in [0.2, 0.25) is 0 Å². The second kappa shape index (κ2) is 8.04. The van der Waals surface area contributed by atoms with Crippen molar-refractivity contribution in [3.8, 4) is 0 Å². The van der Waals surface area contributed by atoms with E-state index in [9.17, 15) is 9.59 Å². The van der Waals surface area contributed by atoms with Crippen LogP contribution in [-0.4, -0.2) is 35.5 Å². The van der Waals surface area contributed by atoms with Crippen molar-refractivity contribution in [3.63, 3.8) is 0 Å². The minimum atomic E-state index is -0.174. The Kier molecular flexibility index (Phi) is 5.56. The number of anilines is 1. The number of para-hydroxylation sites is 1. The second-order valence-electron chi connectivity index (χ2n) is 6.90. The lowest BCUT2D eigenvalue weighted by Crippen LogP contribution is -2.48. The van der Waals surface area contributed by atoms with Gasteiger partial charge in [0.2, 0.25) is 5.91 Å². The Morgan fingerprint density at radius 3 is 2.35 bits per heavy atom. The van der Waals surface area contributed by atoms with Gasteiger partial charge in [0.15, 0.2) is 0 Å². The zero-order chi connectivity index (χ0) is 18.5. The van der Waals surface area contributed by atoms with Gasteiger partial charge >= 0.3 is 6.03 Å². The minimum Gasteiger partial charge on any atom is -0.333 e. The van der Waals surface area contributed by atoms with E-state index in [0.29, 0.717) is 19.5 Å². The monoisotopic (exact) mass is 351 g/mol. The lowest BCUT2D eigenvalue weighted by atomic mass is 10.2. The molecule has 26 heavy (non-hydrogen) atoms. The summed E-state index contributed by atoms with van der Waals surface area (Å²) in [7, 11) is 0. The van der Waals surface area contributed by atoms with E-state index in [0.717, 1.165) is 11.3 Å². The summed E-state index contributed by atoms with van der Waals surface area (Å²) in [5.41, 5.74) is 1.96. The zero-order valence-electron chi connectivity index (χ0n) is 15.3. The maximum absolute atomic E-state index is 12.8. The fourth-order valence-corrected chi connectivity index (χ4v) is 3.19. The Morgan fingerprint density at radius 1 is 1.12 bits per heavy atom. The molecule has 0 saturated carbocycles. The van der Waals surface area contributed by atoms with Gasteiger partial charge in [-0.25, -0.2) is 4.79 Å². The lowest BCUT2D eigenvalue weighted by molar-refractivity contribution is -0.117. The molecular weight excluding hydrogens is 326 g/mol. The van der Waals surface area contributed by atoms with Crippen LogP contribution in [0.5, 0.6) is 0 Å². The van der Waals surface area contributed by atoms with Gasteiger partial charge in [0, 0.05) is 31.2 Å². The molecule has 1 aliphatic rings. The van der Waals surface area contributed by atoms with Crippen LogP contribution in [0.25, 0.3) is 0 Å². The second-order valence-corrected chi connectivity index (χ2v) is 6.90. The predicted molar refractivity (Wildman–Crippen MR) is 103 cm³/mol. The summed E-state index contributed by atoms with van der Waals surface area (Å²) in [5, 5.41) is 3.04. The summed E-state index contributed by atoms with van der Waals surface area (Å²) in [4.78, 5) is 28.6. The zero-order valence-corrected chi connectivity index (χ0v) is 15.3. The summed E-state index contributed by atoms with van der Waals surface area (Å²) >= 11 is 0. The highest BCUT2D eigenvalue weighted by molar-refractivity contribution is 5.96. The summed E-state index contributed by atoms with van der Waals surface area (Å²) < 4.78 is 0. The van der Waals surface area contributed by atoms with Gasteiger partial charge in [0.05, 0.1) is 6.04 Å². The first kappa shape index (κ1) is 18.0. The number of amides is 3. The Morgan fingerprint density at radius 2 is 1.73 bits per heavy atom. The highest BCUT2D eigenvalue weighted by atomic mass is 16.2. The lowest BCUT2D eigenvalue weighted by Gasteiger charge is -2.28. The van der Waals surface area contributed by atoms with Crippen molar-refractivity contribution in [1.29, 1.82) is 0 Å². The van der Waals surface area contributed by atoms with Gasteiger partial charge in [-0.3, -0.25) is 4.79 Å². The molecule has 5 nitrogen and oxygen atoms in total. The average molecular weight is 351 g/mol. The molecular formula is C21H25N3O2. The van der Waals surface area contributed by atoms with E-state index < -0.39 is 0 Å². The topological polar surface area (TPSA) is 52.7 Å². The minimum absolute atomic E-state index is 0.0423. The van der Waals surface area contributed by atoms with E-state index in [1.165, 1.54) is 0 Å². The van der Waals surface area contributed by atoms with Crippen LogP contribution in [0.1, 0.15) is 25.8 Å². The Labute approximate surface area is 154 Å².